The van der Waals surface area contributed by atoms with Crippen molar-refractivity contribution in [2.75, 3.05) is 32.8 Å². The molecule has 176 valence electrons. The number of amides is 1. The van der Waals surface area contributed by atoms with Gasteiger partial charge in [-0.2, -0.15) is 0 Å². The van der Waals surface area contributed by atoms with Crippen LogP contribution < -0.4 is 4.74 Å². The Labute approximate surface area is 203 Å². The topological polar surface area (TPSA) is 32.8 Å². The van der Waals surface area contributed by atoms with Crippen LogP contribution in [0.4, 0.5) is 0 Å². The molecule has 0 N–H and O–H groups in total. The molecule has 1 amide bonds. The van der Waals surface area contributed by atoms with E-state index in [1.807, 2.05) is 29.2 Å². The lowest BCUT2D eigenvalue weighted by Gasteiger charge is -2.34. The molecule has 0 bridgehead atoms. The molecule has 0 spiro atoms. The fourth-order valence-electron chi connectivity index (χ4n) is 5.22. The molecule has 0 aromatic heterocycles. The van der Waals surface area contributed by atoms with Crippen LogP contribution in [0.1, 0.15) is 39.9 Å². The lowest BCUT2D eigenvalue weighted by molar-refractivity contribution is 0.0714. The van der Waals surface area contributed by atoms with Crippen molar-refractivity contribution in [3.8, 4) is 5.75 Å². The number of piperidine rings is 1. The number of ether oxygens (including phenoxy) is 1. The number of fused-ring (bicyclic) bond motifs is 1. The molecule has 0 radical (unpaired) electrons. The van der Waals surface area contributed by atoms with Crippen LogP contribution in [0.3, 0.4) is 0 Å². The maximum Gasteiger partial charge on any atom is 0.254 e. The van der Waals surface area contributed by atoms with Crippen molar-refractivity contribution in [2.24, 2.45) is 5.92 Å². The summed E-state index contributed by atoms with van der Waals surface area (Å²) in [5.41, 5.74) is 4.67. The number of nitrogens with zero attached hydrogens (tertiary/aromatic N) is 2. The largest absolute Gasteiger partial charge is 0.493 e. The molecule has 0 saturated carbocycles. The highest BCUT2D eigenvalue weighted by Crippen LogP contribution is 2.27. The van der Waals surface area contributed by atoms with E-state index in [-0.39, 0.29) is 5.91 Å². The SMILES string of the molecule is O=C1c2ccccc2CN1CC1CCN(CCc2ccccc2OCCc2ccccc2)CC1. The minimum atomic E-state index is 0.210. The fourth-order valence-corrected chi connectivity index (χ4v) is 5.22. The highest BCUT2D eigenvalue weighted by Gasteiger charge is 2.30. The number of carbonyl (C=O) groups excluding carboxylic acids is 1. The Balaban J connectivity index is 1.06. The maximum absolute atomic E-state index is 12.7. The third-order valence-electron chi connectivity index (χ3n) is 7.24. The van der Waals surface area contributed by atoms with Gasteiger partial charge < -0.3 is 14.5 Å². The predicted molar refractivity (Wildman–Crippen MR) is 136 cm³/mol. The van der Waals surface area contributed by atoms with E-state index in [1.165, 1.54) is 16.7 Å². The minimum Gasteiger partial charge on any atom is -0.493 e. The van der Waals surface area contributed by atoms with E-state index in [4.69, 9.17) is 4.74 Å². The number of benzene rings is 3. The van der Waals surface area contributed by atoms with Crippen molar-refractivity contribution in [1.82, 2.24) is 9.80 Å². The van der Waals surface area contributed by atoms with Crippen molar-refractivity contribution in [2.45, 2.75) is 32.2 Å². The van der Waals surface area contributed by atoms with Crippen molar-refractivity contribution < 1.29 is 9.53 Å². The predicted octanol–water partition coefficient (Wildman–Crippen LogP) is 5.22. The van der Waals surface area contributed by atoms with Gasteiger partial charge in [-0.15, -0.1) is 0 Å². The zero-order valence-electron chi connectivity index (χ0n) is 19.9. The highest BCUT2D eigenvalue weighted by atomic mass is 16.5. The first-order valence-corrected chi connectivity index (χ1v) is 12.6. The van der Waals surface area contributed by atoms with Gasteiger partial charge in [-0.05, 0) is 67.1 Å². The van der Waals surface area contributed by atoms with Crippen LogP contribution in [0.15, 0.2) is 78.9 Å². The summed E-state index contributed by atoms with van der Waals surface area (Å²) in [7, 11) is 0. The quantitative estimate of drug-likeness (QED) is 0.444. The number of hydrogen-bond acceptors (Lipinski definition) is 3. The summed E-state index contributed by atoms with van der Waals surface area (Å²) in [5.74, 6) is 1.82. The van der Waals surface area contributed by atoms with E-state index in [9.17, 15) is 4.79 Å². The summed E-state index contributed by atoms with van der Waals surface area (Å²) in [6, 6.07) is 27.0. The van der Waals surface area contributed by atoms with Gasteiger partial charge in [-0.3, -0.25) is 4.79 Å². The van der Waals surface area contributed by atoms with Gasteiger partial charge in [0, 0.05) is 31.6 Å². The molecule has 34 heavy (non-hydrogen) atoms. The first-order chi connectivity index (χ1) is 16.8. The summed E-state index contributed by atoms with van der Waals surface area (Å²) >= 11 is 0. The summed E-state index contributed by atoms with van der Waals surface area (Å²) in [6.07, 6.45) is 4.25. The van der Waals surface area contributed by atoms with E-state index >= 15 is 0 Å². The Bertz CT molecular complexity index is 1090. The van der Waals surface area contributed by atoms with Gasteiger partial charge in [0.2, 0.25) is 0 Å². The second-order valence-corrected chi connectivity index (χ2v) is 9.57. The summed E-state index contributed by atoms with van der Waals surface area (Å²) in [6.45, 7) is 5.63. The highest BCUT2D eigenvalue weighted by molar-refractivity contribution is 5.98. The lowest BCUT2D eigenvalue weighted by Crippen LogP contribution is -2.39. The van der Waals surface area contributed by atoms with Crippen molar-refractivity contribution in [1.29, 1.82) is 0 Å². The van der Waals surface area contributed by atoms with Crippen LogP contribution in [-0.4, -0.2) is 48.5 Å². The van der Waals surface area contributed by atoms with Gasteiger partial charge >= 0.3 is 0 Å². The van der Waals surface area contributed by atoms with E-state index in [1.54, 1.807) is 0 Å². The second-order valence-electron chi connectivity index (χ2n) is 9.57. The van der Waals surface area contributed by atoms with Crippen LogP contribution in [0.2, 0.25) is 0 Å². The third-order valence-corrected chi connectivity index (χ3v) is 7.24. The van der Waals surface area contributed by atoms with Crippen LogP contribution in [0.25, 0.3) is 0 Å². The number of likely N-dealkylation sites (tertiary alicyclic amines) is 1. The molecule has 2 heterocycles. The van der Waals surface area contributed by atoms with E-state index in [0.717, 1.165) is 69.7 Å². The van der Waals surface area contributed by atoms with Crippen molar-refractivity contribution in [3.63, 3.8) is 0 Å². The molecule has 0 atom stereocenters. The van der Waals surface area contributed by atoms with E-state index in [2.05, 4.69) is 59.5 Å². The molecule has 3 aromatic rings. The van der Waals surface area contributed by atoms with Gasteiger partial charge in [0.15, 0.2) is 0 Å². The average Bonchev–Trinajstić information content (AvgIpc) is 3.20. The first-order valence-electron chi connectivity index (χ1n) is 12.6. The molecule has 5 rings (SSSR count). The van der Waals surface area contributed by atoms with Gasteiger partial charge in [0.25, 0.3) is 5.91 Å². The number of hydrogen-bond donors (Lipinski definition) is 0. The summed E-state index contributed by atoms with van der Waals surface area (Å²) < 4.78 is 6.15. The van der Waals surface area contributed by atoms with Crippen molar-refractivity contribution >= 4 is 5.91 Å². The monoisotopic (exact) mass is 454 g/mol. The Hall–Kier alpha value is -3.11. The van der Waals surface area contributed by atoms with Crippen LogP contribution >= 0.6 is 0 Å². The molecule has 2 aliphatic rings. The second kappa shape index (κ2) is 10.9. The Morgan fingerprint density at radius 1 is 0.824 bits per heavy atom. The van der Waals surface area contributed by atoms with Crippen LogP contribution in [-0.2, 0) is 19.4 Å². The Morgan fingerprint density at radius 2 is 1.56 bits per heavy atom. The number of para-hydroxylation sites is 1. The Morgan fingerprint density at radius 3 is 2.38 bits per heavy atom. The standard InChI is InChI=1S/C30H34N2O2/c33-30-28-12-6-4-11-27(28)23-32(30)22-25-14-18-31(19-15-25)20-16-26-10-5-7-13-29(26)34-21-17-24-8-2-1-3-9-24/h1-13,25H,14-23H2. The molecule has 3 aromatic carbocycles. The number of carbonyl (C=O) groups is 1. The van der Waals surface area contributed by atoms with E-state index in [0.29, 0.717) is 12.5 Å². The normalized spacial score (nSPS) is 16.6. The minimum absolute atomic E-state index is 0.210. The Kier molecular flexibility index (Phi) is 7.25. The van der Waals surface area contributed by atoms with Gasteiger partial charge in [-0.1, -0.05) is 66.7 Å². The molecule has 4 heteroatoms. The van der Waals surface area contributed by atoms with Crippen LogP contribution in [0.5, 0.6) is 5.75 Å². The van der Waals surface area contributed by atoms with Gasteiger partial charge in [-0.25, -0.2) is 0 Å². The number of rotatable bonds is 9. The average molecular weight is 455 g/mol. The molecule has 4 nitrogen and oxygen atoms in total. The van der Waals surface area contributed by atoms with E-state index < -0.39 is 0 Å². The van der Waals surface area contributed by atoms with Crippen LogP contribution in [0, 0.1) is 5.92 Å². The first kappa shape index (κ1) is 22.7. The molecule has 1 saturated heterocycles. The molecule has 2 aliphatic heterocycles. The zero-order valence-corrected chi connectivity index (χ0v) is 19.9. The summed E-state index contributed by atoms with van der Waals surface area (Å²) in [4.78, 5) is 17.3. The molecule has 1 fully saturated rings. The maximum atomic E-state index is 12.7. The fraction of sp³-hybridized carbons (Fsp3) is 0.367. The zero-order chi connectivity index (χ0) is 23.2. The molecule has 0 unspecified atom stereocenters. The smallest absolute Gasteiger partial charge is 0.254 e. The molecular weight excluding hydrogens is 420 g/mol. The molecular formula is C30H34N2O2. The van der Waals surface area contributed by atoms with Crippen molar-refractivity contribution in [3.05, 3.63) is 101 Å². The van der Waals surface area contributed by atoms with Gasteiger partial charge in [0.05, 0.1) is 6.61 Å². The van der Waals surface area contributed by atoms with Gasteiger partial charge in [0.1, 0.15) is 5.75 Å². The summed E-state index contributed by atoms with van der Waals surface area (Å²) in [5, 5.41) is 0. The third kappa shape index (κ3) is 5.51. The molecule has 0 aliphatic carbocycles. The lowest BCUT2D eigenvalue weighted by atomic mass is 9.96.